The van der Waals surface area contributed by atoms with Crippen molar-refractivity contribution in [2.75, 3.05) is 0 Å². The van der Waals surface area contributed by atoms with Gasteiger partial charge in [0.15, 0.2) is 0 Å². The third kappa shape index (κ3) is 0.973. The summed E-state index contributed by atoms with van der Waals surface area (Å²) in [4.78, 5) is 0. The van der Waals surface area contributed by atoms with Crippen LogP contribution < -0.4 is 0 Å². The summed E-state index contributed by atoms with van der Waals surface area (Å²) in [6.45, 7) is 4.67. The van der Waals surface area contributed by atoms with Crippen LogP contribution in [0.5, 0.6) is 0 Å². The summed E-state index contributed by atoms with van der Waals surface area (Å²) in [5.41, 5.74) is 3.13. The second-order valence-corrected chi connectivity index (χ2v) is 3.67. The molecule has 1 aliphatic carbocycles. The van der Waals surface area contributed by atoms with Crippen molar-refractivity contribution >= 4 is 0 Å². The molecular weight excluding hydrogens is 132 g/mol. The summed E-state index contributed by atoms with van der Waals surface area (Å²) >= 11 is 0. The smallest absolute Gasteiger partial charge is 0.0159 e. The molecule has 58 valence electrons. The van der Waals surface area contributed by atoms with Crippen molar-refractivity contribution < 1.29 is 0 Å². The molecule has 2 rings (SSSR count). The zero-order chi connectivity index (χ0) is 7.84. The fourth-order valence-electron chi connectivity index (χ4n) is 1.99. The number of hydrogen-bond donors (Lipinski definition) is 0. The van der Waals surface area contributed by atoms with E-state index >= 15 is 0 Å². The second kappa shape index (κ2) is 2.37. The maximum absolute atomic E-state index is 2.34. The molecule has 11 heavy (non-hydrogen) atoms. The van der Waals surface area contributed by atoms with Gasteiger partial charge in [-0.05, 0) is 29.4 Å². The Morgan fingerprint density at radius 1 is 1.18 bits per heavy atom. The Bertz CT molecular complexity index is 262. The Hall–Kier alpha value is -0.780. The molecule has 0 aromatic heterocycles. The largest absolute Gasteiger partial charge is 0.0620 e. The lowest BCUT2D eigenvalue weighted by Crippen LogP contribution is -1.97. The third-order valence-electron chi connectivity index (χ3n) is 2.94. The first-order chi connectivity index (χ1) is 5.29. The van der Waals surface area contributed by atoms with Crippen molar-refractivity contribution in [3.63, 3.8) is 0 Å². The molecule has 1 aliphatic rings. The van der Waals surface area contributed by atoms with Crippen LogP contribution in [0.3, 0.4) is 0 Å². The predicted octanol–water partition coefficient (Wildman–Crippen LogP) is 2.98. The van der Waals surface area contributed by atoms with E-state index in [0.717, 1.165) is 11.8 Å². The van der Waals surface area contributed by atoms with Gasteiger partial charge in [-0.1, -0.05) is 38.1 Å². The van der Waals surface area contributed by atoms with Gasteiger partial charge in [-0.2, -0.15) is 0 Å². The van der Waals surface area contributed by atoms with E-state index in [4.69, 9.17) is 0 Å². The topological polar surface area (TPSA) is 0 Å². The first-order valence-electron chi connectivity index (χ1n) is 4.37. The quantitative estimate of drug-likeness (QED) is 0.528. The Morgan fingerprint density at radius 2 is 1.91 bits per heavy atom. The van der Waals surface area contributed by atoms with Gasteiger partial charge in [0.2, 0.25) is 0 Å². The van der Waals surface area contributed by atoms with Gasteiger partial charge >= 0.3 is 0 Å². The summed E-state index contributed by atoms with van der Waals surface area (Å²) in [6, 6.07) is 8.82. The molecule has 0 radical (unpaired) electrons. The molecule has 1 aromatic rings. The minimum atomic E-state index is 0.770. The van der Waals surface area contributed by atoms with E-state index in [9.17, 15) is 0 Å². The van der Waals surface area contributed by atoms with Gasteiger partial charge < -0.3 is 0 Å². The Morgan fingerprint density at radius 3 is 2.64 bits per heavy atom. The van der Waals surface area contributed by atoms with E-state index in [-0.39, 0.29) is 0 Å². The van der Waals surface area contributed by atoms with Crippen LogP contribution in [0.1, 0.15) is 30.9 Å². The maximum Gasteiger partial charge on any atom is -0.0159 e. The zero-order valence-corrected chi connectivity index (χ0v) is 7.17. The molecule has 0 nitrogen and oxygen atoms in total. The van der Waals surface area contributed by atoms with Crippen LogP contribution in [-0.2, 0) is 6.42 Å². The molecule has 0 unspecified atom stereocenters. The van der Waals surface area contributed by atoms with E-state index < -0.39 is 0 Å². The highest BCUT2D eigenvalue weighted by Gasteiger charge is 2.24. The van der Waals surface area contributed by atoms with E-state index in [0.29, 0.717) is 0 Å². The molecule has 0 heteroatoms. The van der Waals surface area contributed by atoms with E-state index in [2.05, 4.69) is 38.1 Å². The average Bonchev–Trinajstić information content (AvgIpc) is 2.30. The minimum Gasteiger partial charge on any atom is -0.0620 e. The summed E-state index contributed by atoms with van der Waals surface area (Å²) in [5, 5.41) is 0. The summed E-state index contributed by atoms with van der Waals surface area (Å²) < 4.78 is 0. The van der Waals surface area contributed by atoms with Gasteiger partial charge in [-0.15, -0.1) is 0 Å². The standard InChI is InChI=1S/C11H14/c1-8-7-10-5-3-4-6-11(10)9(8)2/h3-6,8-9H,7H2,1-2H3/t8-,9+/m0/s1. The van der Waals surface area contributed by atoms with Crippen molar-refractivity contribution in [3.05, 3.63) is 35.4 Å². The lowest BCUT2D eigenvalue weighted by molar-refractivity contribution is 0.532. The first-order valence-corrected chi connectivity index (χ1v) is 4.37. The predicted molar refractivity (Wildman–Crippen MR) is 47.7 cm³/mol. The van der Waals surface area contributed by atoms with Gasteiger partial charge in [0.1, 0.15) is 0 Å². The fraction of sp³-hybridized carbons (Fsp3) is 0.455. The average molecular weight is 146 g/mol. The molecule has 0 bridgehead atoms. The first kappa shape index (κ1) is 6.90. The maximum atomic E-state index is 2.34. The minimum absolute atomic E-state index is 0.770. The molecule has 2 atom stereocenters. The van der Waals surface area contributed by atoms with Crippen LogP contribution >= 0.6 is 0 Å². The highest BCUT2D eigenvalue weighted by Crippen LogP contribution is 2.36. The highest BCUT2D eigenvalue weighted by atomic mass is 14.3. The second-order valence-electron chi connectivity index (χ2n) is 3.67. The summed E-state index contributed by atoms with van der Waals surface area (Å²) in [6.07, 6.45) is 1.28. The van der Waals surface area contributed by atoms with Crippen molar-refractivity contribution in [2.24, 2.45) is 5.92 Å². The van der Waals surface area contributed by atoms with Crippen LogP contribution in [0.15, 0.2) is 24.3 Å². The van der Waals surface area contributed by atoms with Crippen LogP contribution in [0.4, 0.5) is 0 Å². The van der Waals surface area contributed by atoms with Crippen LogP contribution in [-0.4, -0.2) is 0 Å². The molecule has 1 aromatic carbocycles. The lowest BCUT2D eigenvalue weighted by Gasteiger charge is -2.08. The van der Waals surface area contributed by atoms with Crippen molar-refractivity contribution in [2.45, 2.75) is 26.2 Å². The van der Waals surface area contributed by atoms with Gasteiger partial charge in [-0.3, -0.25) is 0 Å². The molecule has 0 N–H and O–H groups in total. The number of rotatable bonds is 0. The molecule has 0 aliphatic heterocycles. The number of hydrogen-bond acceptors (Lipinski definition) is 0. The van der Waals surface area contributed by atoms with Gasteiger partial charge in [0.25, 0.3) is 0 Å². The third-order valence-corrected chi connectivity index (χ3v) is 2.94. The van der Waals surface area contributed by atoms with Gasteiger partial charge in [0.05, 0.1) is 0 Å². The van der Waals surface area contributed by atoms with Crippen molar-refractivity contribution in [1.29, 1.82) is 0 Å². The summed E-state index contributed by atoms with van der Waals surface area (Å²) in [5.74, 6) is 1.61. The molecule has 0 heterocycles. The van der Waals surface area contributed by atoms with Gasteiger partial charge in [-0.25, -0.2) is 0 Å². The number of fused-ring (bicyclic) bond motifs is 1. The molecule has 0 amide bonds. The van der Waals surface area contributed by atoms with Crippen molar-refractivity contribution in [1.82, 2.24) is 0 Å². The lowest BCUT2D eigenvalue weighted by atomic mass is 9.97. The van der Waals surface area contributed by atoms with Crippen molar-refractivity contribution in [3.8, 4) is 0 Å². The Balaban J connectivity index is 2.47. The van der Waals surface area contributed by atoms with E-state index in [1.54, 1.807) is 11.1 Å². The van der Waals surface area contributed by atoms with Crippen LogP contribution in [0, 0.1) is 5.92 Å². The molecule has 0 spiro atoms. The SMILES string of the molecule is C[C@H]1Cc2ccccc2[C@@H]1C. The Labute approximate surface area is 68.3 Å². The van der Waals surface area contributed by atoms with Crippen LogP contribution in [0.2, 0.25) is 0 Å². The van der Waals surface area contributed by atoms with E-state index in [1.807, 2.05) is 0 Å². The van der Waals surface area contributed by atoms with Crippen LogP contribution in [0.25, 0.3) is 0 Å². The number of benzene rings is 1. The normalized spacial score (nSPS) is 28.5. The highest BCUT2D eigenvalue weighted by molar-refractivity contribution is 5.35. The Kier molecular flexibility index (Phi) is 1.49. The monoisotopic (exact) mass is 146 g/mol. The van der Waals surface area contributed by atoms with Gasteiger partial charge in [0, 0.05) is 0 Å². The molecular formula is C11H14. The van der Waals surface area contributed by atoms with E-state index in [1.165, 1.54) is 6.42 Å². The zero-order valence-electron chi connectivity index (χ0n) is 7.17. The molecule has 0 saturated carbocycles. The fourth-order valence-corrected chi connectivity index (χ4v) is 1.99. The molecule has 0 fully saturated rings. The molecule has 0 saturated heterocycles. The summed E-state index contributed by atoms with van der Waals surface area (Å²) in [7, 11) is 0.